The number of benzene rings is 2. The largest absolute Gasteiger partial charge is 0.270 e. The Morgan fingerprint density at radius 2 is 1.90 bits per heavy atom. The van der Waals surface area contributed by atoms with Crippen molar-refractivity contribution in [2.24, 2.45) is 0 Å². The SMILES string of the molecule is O=[N+]([O-])c1ccc(CCC(Cl)c2ccccc2)c(Br)c1. The second-order valence-corrected chi connectivity index (χ2v) is 5.83. The standard InChI is InChI=1S/C15H13BrClNO2/c16-14-10-13(18(19)20)8-6-11(14)7-9-15(17)12-4-2-1-3-5-12/h1-6,8,10,15H,7,9H2. The zero-order valence-electron chi connectivity index (χ0n) is 10.6. The summed E-state index contributed by atoms with van der Waals surface area (Å²) in [6.07, 6.45) is 1.55. The predicted octanol–water partition coefficient (Wildman–Crippen LogP) is 5.27. The van der Waals surface area contributed by atoms with Crippen molar-refractivity contribution in [3.8, 4) is 0 Å². The normalized spacial score (nSPS) is 12.1. The molecule has 0 aliphatic rings. The molecule has 0 amide bonds. The molecule has 104 valence electrons. The fourth-order valence-electron chi connectivity index (χ4n) is 1.96. The van der Waals surface area contributed by atoms with Crippen molar-refractivity contribution < 1.29 is 4.92 Å². The molecule has 2 aromatic rings. The molecule has 2 aromatic carbocycles. The summed E-state index contributed by atoms with van der Waals surface area (Å²) < 4.78 is 0.753. The third-order valence-electron chi connectivity index (χ3n) is 3.08. The van der Waals surface area contributed by atoms with Gasteiger partial charge in [0, 0.05) is 16.6 Å². The number of aryl methyl sites for hydroxylation is 1. The van der Waals surface area contributed by atoms with Gasteiger partial charge in [0.15, 0.2) is 0 Å². The molecular weight excluding hydrogens is 342 g/mol. The van der Waals surface area contributed by atoms with Crippen molar-refractivity contribution in [2.75, 3.05) is 0 Å². The predicted molar refractivity (Wildman–Crippen MR) is 84.2 cm³/mol. The summed E-state index contributed by atoms with van der Waals surface area (Å²) in [6, 6.07) is 14.7. The monoisotopic (exact) mass is 353 g/mol. The molecule has 0 aromatic heterocycles. The maximum Gasteiger partial charge on any atom is 0.270 e. The average Bonchev–Trinajstić information content (AvgIpc) is 2.46. The molecule has 0 heterocycles. The Morgan fingerprint density at radius 1 is 1.20 bits per heavy atom. The molecule has 0 N–H and O–H groups in total. The third kappa shape index (κ3) is 3.81. The van der Waals surface area contributed by atoms with Gasteiger partial charge < -0.3 is 0 Å². The fourth-order valence-corrected chi connectivity index (χ4v) is 2.78. The van der Waals surface area contributed by atoms with Crippen LogP contribution < -0.4 is 0 Å². The smallest absolute Gasteiger partial charge is 0.258 e. The van der Waals surface area contributed by atoms with Gasteiger partial charge in [-0.3, -0.25) is 10.1 Å². The van der Waals surface area contributed by atoms with Crippen molar-refractivity contribution in [3.63, 3.8) is 0 Å². The first-order valence-electron chi connectivity index (χ1n) is 6.20. The summed E-state index contributed by atoms with van der Waals surface area (Å²) in [5, 5.41) is 10.6. The van der Waals surface area contributed by atoms with Crippen LogP contribution in [0.3, 0.4) is 0 Å². The summed E-state index contributed by atoms with van der Waals surface area (Å²) in [5.74, 6) is 0. The lowest BCUT2D eigenvalue weighted by atomic mass is 10.0. The summed E-state index contributed by atoms with van der Waals surface area (Å²) in [7, 11) is 0. The minimum Gasteiger partial charge on any atom is -0.258 e. The molecular formula is C15H13BrClNO2. The van der Waals surface area contributed by atoms with Crippen LogP contribution in [0.1, 0.15) is 22.9 Å². The first-order chi connectivity index (χ1) is 9.58. The molecule has 0 radical (unpaired) electrons. The minimum atomic E-state index is -0.400. The Hall–Kier alpha value is -1.39. The molecule has 3 nitrogen and oxygen atoms in total. The number of nitro groups is 1. The zero-order valence-corrected chi connectivity index (χ0v) is 13.0. The van der Waals surface area contributed by atoms with Gasteiger partial charge in [0.05, 0.1) is 10.3 Å². The highest BCUT2D eigenvalue weighted by Crippen LogP contribution is 2.29. The zero-order chi connectivity index (χ0) is 14.5. The molecule has 1 unspecified atom stereocenters. The van der Waals surface area contributed by atoms with Crippen LogP contribution in [-0.4, -0.2) is 4.92 Å². The van der Waals surface area contributed by atoms with Crippen LogP contribution in [0, 0.1) is 10.1 Å². The number of alkyl halides is 1. The Bertz CT molecular complexity index is 604. The lowest BCUT2D eigenvalue weighted by Gasteiger charge is -2.10. The van der Waals surface area contributed by atoms with Crippen LogP contribution >= 0.6 is 27.5 Å². The lowest BCUT2D eigenvalue weighted by molar-refractivity contribution is -0.384. The van der Waals surface area contributed by atoms with Gasteiger partial charge in [-0.1, -0.05) is 52.3 Å². The van der Waals surface area contributed by atoms with E-state index in [1.807, 2.05) is 30.3 Å². The lowest BCUT2D eigenvalue weighted by Crippen LogP contribution is -1.96. The topological polar surface area (TPSA) is 43.1 Å². The van der Waals surface area contributed by atoms with E-state index in [0.29, 0.717) is 0 Å². The van der Waals surface area contributed by atoms with Gasteiger partial charge in [-0.2, -0.15) is 0 Å². The van der Waals surface area contributed by atoms with E-state index in [2.05, 4.69) is 15.9 Å². The Labute approximate surface area is 130 Å². The Kier molecular flexibility index (Phi) is 5.15. The molecule has 2 rings (SSSR count). The van der Waals surface area contributed by atoms with Gasteiger partial charge in [0.25, 0.3) is 5.69 Å². The van der Waals surface area contributed by atoms with E-state index in [0.717, 1.165) is 28.4 Å². The van der Waals surface area contributed by atoms with Crippen LogP contribution in [-0.2, 0) is 6.42 Å². The molecule has 0 aliphatic carbocycles. The third-order valence-corrected chi connectivity index (χ3v) is 4.28. The number of halogens is 2. The van der Waals surface area contributed by atoms with E-state index < -0.39 is 4.92 Å². The number of nitrogens with zero attached hydrogens (tertiary/aromatic N) is 1. The van der Waals surface area contributed by atoms with Crippen LogP contribution in [0.2, 0.25) is 0 Å². The summed E-state index contributed by atoms with van der Waals surface area (Å²) in [4.78, 5) is 10.3. The maximum absolute atomic E-state index is 10.7. The van der Waals surface area contributed by atoms with Gasteiger partial charge in [-0.05, 0) is 24.0 Å². The average molecular weight is 355 g/mol. The highest BCUT2D eigenvalue weighted by atomic mass is 79.9. The van der Waals surface area contributed by atoms with Crippen molar-refractivity contribution in [2.45, 2.75) is 18.2 Å². The maximum atomic E-state index is 10.7. The van der Waals surface area contributed by atoms with Gasteiger partial charge in [-0.15, -0.1) is 11.6 Å². The van der Waals surface area contributed by atoms with Gasteiger partial charge in [-0.25, -0.2) is 0 Å². The van der Waals surface area contributed by atoms with Crippen molar-refractivity contribution >= 4 is 33.2 Å². The summed E-state index contributed by atoms with van der Waals surface area (Å²) >= 11 is 9.74. The number of non-ortho nitro benzene ring substituents is 1. The first-order valence-corrected chi connectivity index (χ1v) is 7.42. The Morgan fingerprint density at radius 3 is 2.50 bits per heavy atom. The van der Waals surface area contributed by atoms with Gasteiger partial charge >= 0.3 is 0 Å². The molecule has 20 heavy (non-hydrogen) atoms. The number of nitro benzene ring substituents is 1. The highest BCUT2D eigenvalue weighted by molar-refractivity contribution is 9.10. The molecule has 0 bridgehead atoms. The van der Waals surface area contributed by atoms with E-state index in [9.17, 15) is 10.1 Å². The van der Waals surface area contributed by atoms with Crippen molar-refractivity contribution in [1.82, 2.24) is 0 Å². The van der Waals surface area contributed by atoms with E-state index in [1.165, 1.54) is 12.1 Å². The summed E-state index contributed by atoms with van der Waals surface area (Å²) in [5.41, 5.74) is 2.20. The molecule has 5 heteroatoms. The van der Waals surface area contributed by atoms with E-state index >= 15 is 0 Å². The number of hydrogen-bond donors (Lipinski definition) is 0. The van der Waals surface area contributed by atoms with Gasteiger partial charge in [0.2, 0.25) is 0 Å². The van der Waals surface area contributed by atoms with Crippen LogP contribution in [0.15, 0.2) is 53.0 Å². The minimum absolute atomic E-state index is 0.0571. The van der Waals surface area contributed by atoms with Crippen LogP contribution in [0.25, 0.3) is 0 Å². The van der Waals surface area contributed by atoms with E-state index in [1.54, 1.807) is 6.07 Å². The first kappa shape index (κ1) is 15.0. The number of rotatable bonds is 5. The quantitative estimate of drug-likeness (QED) is 0.417. The molecule has 0 fully saturated rings. The van der Waals surface area contributed by atoms with Crippen LogP contribution in [0.4, 0.5) is 5.69 Å². The van der Waals surface area contributed by atoms with Gasteiger partial charge in [0.1, 0.15) is 0 Å². The van der Waals surface area contributed by atoms with E-state index in [-0.39, 0.29) is 11.1 Å². The second kappa shape index (κ2) is 6.86. The van der Waals surface area contributed by atoms with Crippen molar-refractivity contribution in [1.29, 1.82) is 0 Å². The van der Waals surface area contributed by atoms with Crippen molar-refractivity contribution in [3.05, 3.63) is 74.2 Å². The second-order valence-electron chi connectivity index (χ2n) is 4.45. The number of hydrogen-bond acceptors (Lipinski definition) is 2. The molecule has 1 atom stereocenters. The fraction of sp³-hybridized carbons (Fsp3) is 0.200. The van der Waals surface area contributed by atoms with E-state index in [4.69, 9.17) is 11.6 Å². The molecule has 0 spiro atoms. The molecule has 0 saturated heterocycles. The Balaban J connectivity index is 2.02. The van der Waals surface area contributed by atoms with Crippen LogP contribution in [0.5, 0.6) is 0 Å². The highest BCUT2D eigenvalue weighted by Gasteiger charge is 2.12. The summed E-state index contributed by atoms with van der Waals surface area (Å²) in [6.45, 7) is 0. The molecule has 0 aliphatic heterocycles. The molecule has 0 saturated carbocycles.